The molecule has 0 heterocycles. The summed E-state index contributed by atoms with van der Waals surface area (Å²) in [5, 5.41) is 0. The van der Waals surface area contributed by atoms with E-state index in [1.165, 1.54) is 12.1 Å². The van der Waals surface area contributed by atoms with Gasteiger partial charge in [0.1, 0.15) is 17.9 Å². The van der Waals surface area contributed by atoms with Gasteiger partial charge in [0, 0.05) is 29.9 Å². The summed E-state index contributed by atoms with van der Waals surface area (Å²) in [6.45, 7) is 3.27. The lowest BCUT2D eigenvalue weighted by atomic mass is 10.1. The van der Waals surface area contributed by atoms with Gasteiger partial charge in [-0.15, -0.1) is 0 Å². The molecule has 0 aliphatic heterocycles. The first-order valence-corrected chi connectivity index (χ1v) is 6.80. The fourth-order valence-corrected chi connectivity index (χ4v) is 2.26. The molecule has 110 valence electrons. The lowest BCUT2D eigenvalue weighted by molar-refractivity contribution is 0.112. The number of benzene rings is 2. The maximum atomic E-state index is 13.4. The second-order valence-corrected chi connectivity index (χ2v) is 4.68. The van der Waals surface area contributed by atoms with Crippen LogP contribution in [-0.4, -0.2) is 19.9 Å². The number of aldehydes is 1. The summed E-state index contributed by atoms with van der Waals surface area (Å²) in [5.74, 6) is 0.454. The van der Waals surface area contributed by atoms with E-state index in [0.717, 1.165) is 29.8 Å². The number of hydrogen-bond acceptors (Lipinski definition) is 3. The van der Waals surface area contributed by atoms with Gasteiger partial charge >= 0.3 is 0 Å². The smallest absolute Gasteiger partial charge is 0.150 e. The van der Waals surface area contributed by atoms with E-state index in [2.05, 4.69) is 0 Å². The van der Waals surface area contributed by atoms with Crippen LogP contribution in [0.1, 0.15) is 22.8 Å². The third-order valence-electron chi connectivity index (χ3n) is 3.36. The van der Waals surface area contributed by atoms with Crippen molar-refractivity contribution < 1.29 is 13.9 Å². The zero-order chi connectivity index (χ0) is 15.2. The van der Waals surface area contributed by atoms with Crippen LogP contribution in [0.3, 0.4) is 0 Å². The molecule has 0 fully saturated rings. The van der Waals surface area contributed by atoms with Gasteiger partial charge < -0.3 is 9.64 Å². The number of nitrogens with zero attached hydrogens (tertiary/aromatic N) is 1. The monoisotopic (exact) mass is 287 g/mol. The zero-order valence-electron chi connectivity index (χ0n) is 12.2. The zero-order valence-corrected chi connectivity index (χ0v) is 12.2. The molecule has 2 aromatic carbocycles. The van der Waals surface area contributed by atoms with E-state index in [-0.39, 0.29) is 5.82 Å². The van der Waals surface area contributed by atoms with E-state index in [9.17, 15) is 9.18 Å². The average molecular weight is 287 g/mol. The van der Waals surface area contributed by atoms with Crippen molar-refractivity contribution in [1.29, 1.82) is 0 Å². The minimum absolute atomic E-state index is 0.264. The highest BCUT2D eigenvalue weighted by atomic mass is 19.1. The molecule has 21 heavy (non-hydrogen) atoms. The molecule has 0 aliphatic rings. The van der Waals surface area contributed by atoms with Gasteiger partial charge in [-0.25, -0.2) is 4.39 Å². The minimum Gasteiger partial charge on any atom is -0.496 e. The van der Waals surface area contributed by atoms with Crippen LogP contribution in [0.4, 0.5) is 10.1 Å². The Kier molecular flexibility index (Phi) is 4.93. The van der Waals surface area contributed by atoms with Gasteiger partial charge in [-0.3, -0.25) is 4.79 Å². The lowest BCUT2D eigenvalue weighted by Crippen LogP contribution is -2.22. The Labute approximate surface area is 124 Å². The molecule has 4 heteroatoms. The molecule has 0 bridgehead atoms. The number of hydrogen-bond donors (Lipinski definition) is 0. The van der Waals surface area contributed by atoms with Crippen molar-refractivity contribution in [1.82, 2.24) is 0 Å². The number of carbonyl (C=O) groups excluding carboxylic acids is 1. The summed E-state index contributed by atoms with van der Waals surface area (Å²) in [6, 6.07) is 11.8. The van der Waals surface area contributed by atoms with Crippen LogP contribution in [0.25, 0.3) is 0 Å². The molecular formula is C17H18FNO2. The summed E-state index contributed by atoms with van der Waals surface area (Å²) >= 11 is 0. The topological polar surface area (TPSA) is 29.5 Å². The van der Waals surface area contributed by atoms with E-state index in [1.807, 2.05) is 17.9 Å². The van der Waals surface area contributed by atoms with Crippen LogP contribution in [0.2, 0.25) is 0 Å². The molecule has 0 saturated heterocycles. The Morgan fingerprint density at radius 3 is 2.67 bits per heavy atom. The Hall–Kier alpha value is -2.36. The van der Waals surface area contributed by atoms with E-state index in [4.69, 9.17) is 4.74 Å². The van der Waals surface area contributed by atoms with E-state index in [1.54, 1.807) is 31.4 Å². The van der Waals surface area contributed by atoms with Crippen LogP contribution in [0, 0.1) is 5.82 Å². The minimum atomic E-state index is -0.264. The first-order chi connectivity index (χ1) is 10.2. The van der Waals surface area contributed by atoms with E-state index in [0.29, 0.717) is 12.1 Å². The first-order valence-electron chi connectivity index (χ1n) is 6.80. The number of ether oxygens (including phenoxy) is 1. The Balaban J connectivity index is 2.31. The molecule has 3 nitrogen and oxygen atoms in total. The van der Waals surface area contributed by atoms with Crippen molar-refractivity contribution in [2.75, 3.05) is 18.6 Å². The summed E-state index contributed by atoms with van der Waals surface area (Å²) in [5.41, 5.74) is 2.30. The van der Waals surface area contributed by atoms with Gasteiger partial charge in [-0.1, -0.05) is 6.07 Å². The second kappa shape index (κ2) is 6.88. The molecule has 0 radical (unpaired) electrons. The normalized spacial score (nSPS) is 10.2. The maximum Gasteiger partial charge on any atom is 0.150 e. The molecule has 0 unspecified atom stereocenters. The second-order valence-electron chi connectivity index (χ2n) is 4.68. The van der Waals surface area contributed by atoms with Gasteiger partial charge in [0.2, 0.25) is 0 Å². The SMILES string of the molecule is CCN(Cc1cc(C=O)ccc1OC)c1cccc(F)c1. The highest BCUT2D eigenvalue weighted by molar-refractivity contribution is 5.75. The fourth-order valence-electron chi connectivity index (χ4n) is 2.26. The Morgan fingerprint density at radius 2 is 2.05 bits per heavy atom. The van der Waals surface area contributed by atoms with Gasteiger partial charge in [0.15, 0.2) is 0 Å². The standard InChI is InChI=1S/C17H18FNO2/c1-3-19(16-6-4-5-15(18)10-16)11-14-9-13(12-20)7-8-17(14)21-2/h4-10,12H,3,11H2,1-2H3. The van der Waals surface area contributed by atoms with Crippen LogP contribution in [0.5, 0.6) is 5.75 Å². The molecular weight excluding hydrogens is 269 g/mol. The number of halogens is 1. The molecule has 0 saturated carbocycles. The number of anilines is 1. The van der Waals surface area contributed by atoms with Crippen molar-refractivity contribution in [3.05, 3.63) is 59.4 Å². The average Bonchev–Trinajstić information content (AvgIpc) is 2.52. The highest BCUT2D eigenvalue weighted by Gasteiger charge is 2.11. The summed E-state index contributed by atoms with van der Waals surface area (Å²) < 4.78 is 18.7. The van der Waals surface area contributed by atoms with Crippen LogP contribution >= 0.6 is 0 Å². The van der Waals surface area contributed by atoms with E-state index < -0.39 is 0 Å². The molecule has 0 N–H and O–H groups in total. The first kappa shape index (κ1) is 15.0. The van der Waals surface area contributed by atoms with Gasteiger partial charge in [-0.05, 0) is 43.3 Å². The molecule has 0 aromatic heterocycles. The summed E-state index contributed by atoms with van der Waals surface area (Å²) in [7, 11) is 1.60. The van der Waals surface area contributed by atoms with Crippen LogP contribution in [-0.2, 0) is 6.54 Å². The van der Waals surface area contributed by atoms with Crippen molar-refractivity contribution >= 4 is 12.0 Å². The van der Waals surface area contributed by atoms with Crippen molar-refractivity contribution in [3.8, 4) is 5.75 Å². The van der Waals surface area contributed by atoms with Crippen LogP contribution < -0.4 is 9.64 Å². The van der Waals surface area contributed by atoms with Gasteiger partial charge in [-0.2, -0.15) is 0 Å². The highest BCUT2D eigenvalue weighted by Crippen LogP contribution is 2.24. The fraction of sp³-hybridized carbons (Fsp3) is 0.235. The third-order valence-corrected chi connectivity index (χ3v) is 3.36. The molecule has 2 rings (SSSR count). The number of methoxy groups -OCH3 is 1. The predicted octanol–water partition coefficient (Wildman–Crippen LogP) is 3.67. The van der Waals surface area contributed by atoms with Crippen molar-refractivity contribution in [2.45, 2.75) is 13.5 Å². The third kappa shape index (κ3) is 3.60. The predicted molar refractivity (Wildman–Crippen MR) is 81.5 cm³/mol. The Morgan fingerprint density at radius 1 is 1.24 bits per heavy atom. The molecule has 2 aromatic rings. The molecule has 0 atom stereocenters. The molecule has 0 spiro atoms. The maximum absolute atomic E-state index is 13.4. The van der Waals surface area contributed by atoms with Gasteiger partial charge in [0.05, 0.1) is 7.11 Å². The summed E-state index contributed by atoms with van der Waals surface area (Å²) in [6.07, 6.45) is 0.807. The van der Waals surface area contributed by atoms with Crippen LogP contribution in [0.15, 0.2) is 42.5 Å². The lowest BCUT2D eigenvalue weighted by Gasteiger charge is -2.24. The van der Waals surface area contributed by atoms with E-state index >= 15 is 0 Å². The molecule has 0 aliphatic carbocycles. The quantitative estimate of drug-likeness (QED) is 0.759. The van der Waals surface area contributed by atoms with Gasteiger partial charge in [0.25, 0.3) is 0 Å². The summed E-state index contributed by atoms with van der Waals surface area (Å²) in [4.78, 5) is 12.9. The van der Waals surface area contributed by atoms with Crippen molar-refractivity contribution in [3.63, 3.8) is 0 Å². The number of carbonyl (C=O) groups is 1. The largest absolute Gasteiger partial charge is 0.496 e. The number of rotatable bonds is 6. The van der Waals surface area contributed by atoms with Crippen molar-refractivity contribution in [2.24, 2.45) is 0 Å². The Bertz CT molecular complexity index is 628. The molecule has 0 amide bonds.